The first-order valence-corrected chi connectivity index (χ1v) is 12.3. The van der Waals surface area contributed by atoms with Gasteiger partial charge in [-0.2, -0.15) is 0 Å². The summed E-state index contributed by atoms with van der Waals surface area (Å²) in [6.07, 6.45) is 7.39. The normalized spacial score (nSPS) is 11.0. The van der Waals surface area contributed by atoms with Crippen molar-refractivity contribution in [2.45, 2.75) is 45.1 Å². The van der Waals surface area contributed by atoms with Gasteiger partial charge < -0.3 is 23.8 Å². The predicted molar refractivity (Wildman–Crippen MR) is 136 cm³/mol. The highest BCUT2D eigenvalue weighted by molar-refractivity contribution is 5.91. The molecule has 0 fully saturated rings. The van der Waals surface area contributed by atoms with Crippen molar-refractivity contribution in [3.05, 3.63) is 78.5 Å². The van der Waals surface area contributed by atoms with Crippen LogP contribution in [0.1, 0.15) is 48.5 Å². The second kappa shape index (κ2) is 12.6. The summed E-state index contributed by atoms with van der Waals surface area (Å²) in [5.41, 5.74) is 2.23. The van der Waals surface area contributed by atoms with Gasteiger partial charge in [0.2, 0.25) is 0 Å². The Bertz CT molecular complexity index is 1180. The number of ether oxygens (including phenoxy) is 2. The number of imidazole rings is 1. The molecular formula is C28H33N3O4. The zero-order valence-corrected chi connectivity index (χ0v) is 20.2. The van der Waals surface area contributed by atoms with Crippen LogP contribution in [0.25, 0.3) is 11.0 Å². The Morgan fingerprint density at radius 2 is 1.77 bits per heavy atom. The monoisotopic (exact) mass is 475 g/mol. The summed E-state index contributed by atoms with van der Waals surface area (Å²) in [5, 5.41) is 2.90. The first-order chi connectivity index (χ1) is 17.2. The van der Waals surface area contributed by atoms with Gasteiger partial charge in [0.05, 0.1) is 31.0 Å². The van der Waals surface area contributed by atoms with Crippen molar-refractivity contribution in [1.29, 1.82) is 0 Å². The van der Waals surface area contributed by atoms with Crippen molar-refractivity contribution in [2.75, 3.05) is 20.3 Å². The third-order valence-corrected chi connectivity index (χ3v) is 5.95. The van der Waals surface area contributed by atoms with E-state index in [0.29, 0.717) is 18.9 Å². The molecule has 0 unspecified atom stereocenters. The van der Waals surface area contributed by atoms with Crippen LogP contribution in [-0.2, 0) is 13.0 Å². The van der Waals surface area contributed by atoms with Gasteiger partial charge in [-0.05, 0) is 74.2 Å². The Balaban J connectivity index is 1.21. The van der Waals surface area contributed by atoms with Crippen LogP contribution in [-0.4, -0.2) is 35.7 Å². The van der Waals surface area contributed by atoms with Crippen molar-refractivity contribution in [2.24, 2.45) is 0 Å². The molecule has 0 aliphatic carbocycles. The van der Waals surface area contributed by atoms with Crippen LogP contribution in [0.2, 0.25) is 0 Å². The average molecular weight is 476 g/mol. The Morgan fingerprint density at radius 3 is 2.57 bits per heavy atom. The fraction of sp³-hybridized carbons (Fsp3) is 0.357. The van der Waals surface area contributed by atoms with Crippen molar-refractivity contribution in [3.63, 3.8) is 0 Å². The number of carbonyl (C=O) groups is 1. The first kappa shape index (κ1) is 24.4. The molecule has 0 aliphatic rings. The molecule has 2 heterocycles. The Morgan fingerprint density at radius 1 is 0.943 bits per heavy atom. The molecule has 4 rings (SSSR count). The van der Waals surface area contributed by atoms with E-state index in [2.05, 4.69) is 28.1 Å². The minimum absolute atomic E-state index is 0.159. The Kier molecular flexibility index (Phi) is 8.81. The minimum Gasteiger partial charge on any atom is -0.497 e. The zero-order chi connectivity index (χ0) is 24.3. The van der Waals surface area contributed by atoms with E-state index in [1.165, 1.54) is 11.8 Å². The summed E-state index contributed by atoms with van der Waals surface area (Å²) in [5.74, 6) is 3.01. The van der Waals surface area contributed by atoms with Crippen LogP contribution in [0.3, 0.4) is 0 Å². The molecule has 0 spiro atoms. The standard InChI is InChI=1S/C28H33N3O4/c1-33-22-14-16-23(17-15-22)34-20-8-7-19-31-25-11-5-4-10-24(25)30-27(31)13-3-2-6-18-29-28(32)26-12-9-21-35-26/h4-5,9-12,14-17,21H,2-3,6-8,13,18-20H2,1H3,(H,29,32). The van der Waals surface area contributed by atoms with E-state index in [1.807, 2.05) is 30.3 Å². The van der Waals surface area contributed by atoms with Gasteiger partial charge in [-0.15, -0.1) is 0 Å². The lowest BCUT2D eigenvalue weighted by molar-refractivity contribution is 0.0925. The molecule has 1 amide bonds. The molecule has 0 saturated heterocycles. The van der Waals surface area contributed by atoms with Gasteiger partial charge in [0.25, 0.3) is 5.91 Å². The lowest BCUT2D eigenvalue weighted by Crippen LogP contribution is -2.23. The molecular weight excluding hydrogens is 442 g/mol. The molecule has 0 aliphatic heterocycles. The van der Waals surface area contributed by atoms with Crippen LogP contribution >= 0.6 is 0 Å². The Hall–Kier alpha value is -3.74. The highest BCUT2D eigenvalue weighted by atomic mass is 16.5. The maximum atomic E-state index is 11.9. The van der Waals surface area contributed by atoms with Crippen molar-refractivity contribution in [3.8, 4) is 11.5 Å². The summed E-state index contributed by atoms with van der Waals surface area (Å²) >= 11 is 0. The summed E-state index contributed by atoms with van der Waals surface area (Å²) in [6.45, 7) is 2.24. The van der Waals surface area contributed by atoms with E-state index < -0.39 is 0 Å². The molecule has 35 heavy (non-hydrogen) atoms. The molecule has 184 valence electrons. The molecule has 0 saturated carbocycles. The number of hydrogen-bond acceptors (Lipinski definition) is 5. The number of unbranched alkanes of at least 4 members (excludes halogenated alkanes) is 3. The molecule has 4 aromatic rings. The number of hydrogen-bond donors (Lipinski definition) is 1. The number of nitrogens with one attached hydrogen (secondary N) is 1. The number of nitrogens with zero attached hydrogens (tertiary/aromatic N) is 2. The number of aryl methyl sites for hydroxylation is 2. The molecule has 0 atom stereocenters. The minimum atomic E-state index is -0.159. The van der Waals surface area contributed by atoms with E-state index in [0.717, 1.165) is 67.9 Å². The van der Waals surface area contributed by atoms with Crippen molar-refractivity contribution < 1.29 is 18.7 Å². The number of amides is 1. The molecule has 0 radical (unpaired) electrons. The number of benzene rings is 2. The maximum Gasteiger partial charge on any atom is 0.286 e. The average Bonchev–Trinajstić information content (AvgIpc) is 3.55. The fourth-order valence-electron chi connectivity index (χ4n) is 4.08. The van der Waals surface area contributed by atoms with E-state index in [-0.39, 0.29) is 5.91 Å². The lowest BCUT2D eigenvalue weighted by Gasteiger charge is -2.11. The number of rotatable bonds is 14. The molecule has 7 nitrogen and oxygen atoms in total. The third-order valence-electron chi connectivity index (χ3n) is 5.95. The number of methoxy groups -OCH3 is 1. The quantitative estimate of drug-likeness (QED) is 0.239. The number of fused-ring (bicyclic) bond motifs is 1. The summed E-state index contributed by atoms with van der Waals surface area (Å²) < 4.78 is 18.5. The largest absolute Gasteiger partial charge is 0.497 e. The second-order valence-corrected chi connectivity index (χ2v) is 8.44. The predicted octanol–water partition coefficient (Wildman–Crippen LogP) is 5.64. The van der Waals surface area contributed by atoms with Gasteiger partial charge >= 0.3 is 0 Å². The number of furan rings is 1. The lowest BCUT2D eigenvalue weighted by atomic mass is 10.2. The molecule has 0 bridgehead atoms. The molecule has 2 aromatic heterocycles. The first-order valence-electron chi connectivity index (χ1n) is 12.3. The highest BCUT2D eigenvalue weighted by Crippen LogP contribution is 2.20. The third kappa shape index (κ3) is 6.88. The number of aromatic nitrogens is 2. The fourth-order valence-corrected chi connectivity index (χ4v) is 4.08. The van der Waals surface area contributed by atoms with Gasteiger partial charge in [0, 0.05) is 19.5 Å². The summed E-state index contributed by atoms with van der Waals surface area (Å²) in [7, 11) is 1.66. The van der Waals surface area contributed by atoms with E-state index in [9.17, 15) is 4.79 Å². The van der Waals surface area contributed by atoms with E-state index in [4.69, 9.17) is 18.9 Å². The Labute approximate surface area is 206 Å². The van der Waals surface area contributed by atoms with Crippen LogP contribution in [0.15, 0.2) is 71.3 Å². The van der Waals surface area contributed by atoms with Crippen LogP contribution in [0.4, 0.5) is 0 Å². The number of carbonyl (C=O) groups excluding carboxylic acids is 1. The summed E-state index contributed by atoms with van der Waals surface area (Å²) in [6, 6.07) is 19.4. The zero-order valence-electron chi connectivity index (χ0n) is 20.2. The van der Waals surface area contributed by atoms with E-state index in [1.54, 1.807) is 19.2 Å². The molecule has 7 heteroatoms. The van der Waals surface area contributed by atoms with Crippen molar-refractivity contribution >= 4 is 16.9 Å². The van der Waals surface area contributed by atoms with Gasteiger partial charge in [-0.3, -0.25) is 4.79 Å². The number of para-hydroxylation sites is 2. The van der Waals surface area contributed by atoms with Gasteiger partial charge in [-0.1, -0.05) is 18.6 Å². The van der Waals surface area contributed by atoms with Crippen molar-refractivity contribution in [1.82, 2.24) is 14.9 Å². The van der Waals surface area contributed by atoms with Crippen LogP contribution in [0, 0.1) is 0 Å². The topological polar surface area (TPSA) is 78.5 Å². The maximum absolute atomic E-state index is 11.9. The highest BCUT2D eigenvalue weighted by Gasteiger charge is 2.11. The second-order valence-electron chi connectivity index (χ2n) is 8.44. The SMILES string of the molecule is COc1ccc(OCCCCn2c(CCCCCNC(=O)c3ccco3)nc3ccccc32)cc1. The molecule has 2 aromatic carbocycles. The van der Waals surface area contributed by atoms with E-state index >= 15 is 0 Å². The smallest absolute Gasteiger partial charge is 0.286 e. The summed E-state index contributed by atoms with van der Waals surface area (Å²) in [4.78, 5) is 16.8. The molecule has 1 N–H and O–H groups in total. The van der Waals surface area contributed by atoms with Gasteiger partial charge in [0.15, 0.2) is 5.76 Å². The van der Waals surface area contributed by atoms with Gasteiger partial charge in [-0.25, -0.2) is 4.98 Å². The van der Waals surface area contributed by atoms with Gasteiger partial charge in [0.1, 0.15) is 17.3 Å². The van der Waals surface area contributed by atoms with Crippen LogP contribution < -0.4 is 14.8 Å². The van der Waals surface area contributed by atoms with Crippen LogP contribution in [0.5, 0.6) is 11.5 Å².